The summed E-state index contributed by atoms with van der Waals surface area (Å²) < 4.78 is 6.23. The minimum atomic E-state index is -1.26. The largest absolute Gasteiger partial charge is 0.488 e. The number of piperazine rings is 1. The Morgan fingerprint density at radius 1 is 0.974 bits per heavy atom. The number of benzene rings is 3. The number of non-ortho nitro benzene ring substituents is 1. The molecule has 0 radical (unpaired) electrons. The molecule has 0 aliphatic carbocycles. The SMILES string of the molecule is Cc1c(C(=O)O)nc2c([N+](=O)[O-])ccc(N3CCN(Cc4ccccc4)CC3)c2c1OCc1ccccc1. The smallest absolute Gasteiger partial charge is 0.354 e. The normalized spacial score (nSPS) is 14.0. The summed E-state index contributed by atoms with van der Waals surface area (Å²) in [6.45, 7) is 5.71. The molecule has 0 unspecified atom stereocenters. The fraction of sp³-hybridized carbons (Fsp3) is 0.241. The number of nitro groups is 1. The van der Waals surface area contributed by atoms with Crippen LogP contribution in [0.15, 0.2) is 72.8 Å². The van der Waals surface area contributed by atoms with Crippen LogP contribution in [-0.2, 0) is 13.2 Å². The lowest BCUT2D eigenvalue weighted by Gasteiger charge is -2.36. The third-order valence-corrected chi connectivity index (χ3v) is 6.87. The van der Waals surface area contributed by atoms with Gasteiger partial charge in [-0.15, -0.1) is 0 Å². The molecule has 1 aromatic heterocycles. The van der Waals surface area contributed by atoms with Crippen molar-refractivity contribution in [3.63, 3.8) is 0 Å². The number of hydrogen-bond acceptors (Lipinski definition) is 7. The van der Waals surface area contributed by atoms with Crippen molar-refractivity contribution in [2.45, 2.75) is 20.1 Å². The van der Waals surface area contributed by atoms with Crippen molar-refractivity contribution in [3.8, 4) is 5.75 Å². The number of nitrogens with zero attached hydrogens (tertiary/aromatic N) is 4. The molecule has 0 bridgehead atoms. The van der Waals surface area contributed by atoms with Crippen molar-refractivity contribution in [2.75, 3.05) is 31.1 Å². The highest BCUT2D eigenvalue weighted by atomic mass is 16.6. The van der Waals surface area contributed by atoms with Crippen LogP contribution in [0.3, 0.4) is 0 Å². The third kappa shape index (κ3) is 5.14. The lowest BCUT2D eigenvalue weighted by molar-refractivity contribution is -0.383. The van der Waals surface area contributed by atoms with Gasteiger partial charge in [-0.3, -0.25) is 15.0 Å². The summed E-state index contributed by atoms with van der Waals surface area (Å²) in [6.07, 6.45) is 0. The molecule has 9 nitrogen and oxygen atoms in total. The zero-order valence-electron chi connectivity index (χ0n) is 21.0. The van der Waals surface area contributed by atoms with Gasteiger partial charge >= 0.3 is 5.97 Å². The first kappa shape index (κ1) is 25.2. The number of carboxylic acid groups (broad SMARTS) is 1. The molecule has 38 heavy (non-hydrogen) atoms. The summed E-state index contributed by atoms with van der Waals surface area (Å²) >= 11 is 0. The van der Waals surface area contributed by atoms with E-state index in [1.807, 2.05) is 48.5 Å². The van der Waals surface area contributed by atoms with Crippen LogP contribution in [0.1, 0.15) is 27.2 Å². The van der Waals surface area contributed by atoms with Gasteiger partial charge < -0.3 is 14.7 Å². The van der Waals surface area contributed by atoms with Crippen LogP contribution in [0.2, 0.25) is 0 Å². The summed E-state index contributed by atoms with van der Waals surface area (Å²) in [5, 5.41) is 22.2. The van der Waals surface area contributed by atoms with Crippen molar-refractivity contribution in [3.05, 3.63) is 105 Å². The van der Waals surface area contributed by atoms with Crippen LogP contribution >= 0.6 is 0 Å². The van der Waals surface area contributed by atoms with Crippen LogP contribution < -0.4 is 9.64 Å². The predicted molar refractivity (Wildman–Crippen MR) is 145 cm³/mol. The Balaban J connectivity index is 1.54. The van der Waals surface area contributed by atoms with E-state index in [9.17, 15) is 20.0 Å². The average Bonchev–Trinajstić information content (AvgIpc) is 2.93. The molecular weight excluding hydrogens is 484 g/mol. The minimum absolute atomic E-state index is 0.0188. The summed E-state index contributed by atoms with van der Waals surface area (Å²) in [5.41, 5.74) is 2.75. The van der Waals surface area contributed by atoms with E-state index in [-0.39, 0.29) is 23.5 Å². The average molecular weight is 513 g/mol. The first-order valence-corrected chi connectivity index (χ1v) is 12.5. The summed E-state index contributed by atoms with van der Waals surface area (Å²) in [6, 6.07) is 22.9. The summed E-state index contributed by atoms with van der Waals surface area (Å²) in [4.78, 5) is 32.3. The first-order valence-electron chi connectivity index (χ1n) is 12.5. The van der Waals surface area contributed by atoms with E-state index in [4.69, 9.17) is 4.74 Å². The number of aromatic nitrogens is 1. The Bertz CT molecular complexity index is 1470. The number of carboxylic acids is 1. The van der Waals surface area contributed by atoms with Crippen molar-refractivity contribution < 1.29 is 19.6 Å². The van der Waals surface area contributed by atoms with E-state index in [1.54, 1.807) is 13.0 Å². The molecule has 0 atom stereocenters. The third-order valence-electron chi connectivity index (χ3n) is 6.87. The second-order valence-electron chi connectivity index (χ2n) is 9.33. The van der Waals surface area contributed by atoms with Crippen LogP contribution in [0, 0.1) is 17.0 Å². The zero-order valence-corrected chi connectivity index (χ0v) is 21.0. The van der Waals surface area contributed by atoms with Gasteiger partial charge in [0.15, 0.2) is 11.2 Å². The number of carbonyl (C=O) groups is 1. The molecule has 3 aromatic carbocycles. The molecule has 0 saturated carbocycles. The van der Waals surface area contributed by atoms with Gasteiger partial charge in [0.05, 0.1) is 16.0 Å². The van der Waals surface area contributed by atoms with Crippen LogP contribution in [0.4, 0.5) is 11.4 Å². The number of aromatic carboxylic acids is 1. The maximum atomic E-state index is 12.0. The topological polar surface area (TPSA) is 109 Å². The van der Waals surface area contributed by atoms with Gasteiger partial charge in [-0.25, -0.2) is 9.78 Å². The zero-order chi connectivity index (χ0) is 26.6. The summed E-state index contributed by atoms with van der Waals surface area (Å²) in [5.74, 6) is -0.954. The molecule has 1 fully saturated rings. The molecular formula is C29H28N4O5. The molecule has 1 aliphatic rings. The molecule has 9 heteroatoms. The van der Waals surface area contributed by atoms with Crippen molar-refractivity contribution in [1.82, 2.24) is 9.88 Å². The first-order chi connectivity index (χ1) is 18.4. The maximum Gasteiger partial charge on any atom is 0.354 e. The summed E-state index contributed by atoms with van der Waals surface area (Å²) in [7, 11) is 0. The molecule has 1 N–H and O–H groups in total. The quantitative estimate of drug-likeness (QED) is 0.258. The van der Waals surface area contributed by atoms with E-state index in [0.29, 0.717) is 29.8 Å². The van der Waals surface area contributed by atoms with Gasteiger partial charge in [-0.1, -0.05) is 60.7 Å². The molecule has 2 heterocycles. The molecule has 5 rings (SSSR count). The second-order valence-corrected chi connectivity index (χ2v) is 9.33. The van der Waals surface area contributed by atoms with Gasteiger partial charge in [-0.2, -0.15) is 0 Å². The van der Waals surface area contributed by atoms with Gasteiger partial charge in [0.25, 0.3) is 5.69 Å². The molecule has 0 amide bonds. The minimum Gasteiger partial charge on any atom is -0.488 e. The van der Waals surface area contributed by atoms with E-state index >= 15 is 0 Å². The molecule has 1 saturated heterocycles. The fourth-order valence-corrected chi connectivity index (χ4v) is 4.91. The number of rotatable bonds is 8. The van der Waals surface area contributed by atoms with Crippen LogP contribution in [-0.4, -0.2) is 52.1 Å². The van der Waals surface area contributed by atoms with Crippen LogP contribution in [0.25, 0.3) is 10.9 Å². The Kier molecular flexibility index (Phi) is 7.19. The monoisotopic (exact) mass is 512 g/mol. The van der Waals surface area contributed by atoms with Gasteiger partial charge in [0, 0.05) is 44.4 Å². The van der Waals surface area contributed by atoms with Crippen molar-refractivity contribution >= 4 is 28.2 Å². The van der Waals surface area contributed by atoms with E-state index in [0.717, 1.165) is 30.9 Å². The van der Waals surface area contributed by atoms with Gasteiger partial charge in [0.1, 0.15) is 12.4 Å². The van der Waals surface area contributed by atoms with E-state index in [1.165, 1.54) is 11.6 Å². The Labute approximate surface area is 220 Å². The number of ether oxygens (including phenoxy) is 1. The fourth-order valence-electron chi connectivity index (χ4n) is 4.91. The highest BCUT2D eigenvalue weighted by Gasteiger charge is 2.28. The number of nitro benzene ring substituents is 1. The standard InChI is InChI=1S/C29H28N4O5/c1-20-26(29(34)35)30-27-24(33(36)37)13-12-23(25(27)28(20)38-19-22-10-6-3-7-11-22)32-16-14-31(15-17-32)18-21-8-4-2-5-9-21/h2-13H,14-19H2,1H3,(H,34,35). The lowest BCUT2D eigenvalue weighted by Crippen LogP contribution is -2.46. The van der Waals surface area contributed by atoms with Crippen LogP contribution in [0.5, 0.6) is 5.75 Å². The predicted octanol–water partition coefficient (Wildman–Crippen LogP) is 5.05. The van der Waals surface area contributed by atoms with E-state index < -0.39 is 10.9 Å². The van der Waals surface area contributed by atoms with Gasteiger partial charge in [-0.05, 0) is 24.1 Å². The number of pyridine rings is 1. The highest BCUT2D eigenvalue weighted by Crippen LogP contribution is 2.42. The number of anilines is 1. The number of fused-ring (bicyclic) bond motifs is 1. The number of hydrogen-bond donors (Lipinski definition) is 1. The molecule has 194 valence electrons. The Hall–Kier alpha value is -4.50. The second kappa shape index (κ2) is 10.9. The lowest BCUT2D eigenvalue weighted by atomic mass is 10.0. The molecule has 4 aromatic rings. The maximum absolute atomic E-state index is 12.0. The van der Waals surface area contributed by atoms with Crippen molar-refractivity contribution in [2.24, 2.45) is 0 Å². The molecule has 0 spiro atoms. The highest BCUT2D eigenvalue weighted by molar-refractivity contribution is 6.05. The van der Waals surface area contributed by atoms with E-state index in [2.05, 4.69) is 26.9 Å². The Morgan fingerprint density at radius 3 is 2.21 bits per heavy atom. The molecule has 1 aliphatic heterocycles. The Morgan fingerprint density at radius 2 is 1.61 bits per heavy atom. The van der Waals surface area contributed by atoms with Gasteiger partial charge in [0.2, 0.25) is 0 Å². The van der Waals surface area contributed by atoms with Crippen molar-refractivity contribution in [1.29, 1.82) is 0 Å².